The van der Waals surface area contributed by atoms with Crippen molar-refractivity contribution in [2.45, 2.75) is 64.5 Å². The van der Waals surface area contributed by atoms with Gasteiger partial charge < -0.3 is 9.84 Å². The van der Waals surface area contributed by atoms with Gasteiger partial charge in [0.05, 0.1) is 11.6 Å². The standard InChI is InChI=1S/C17H28BrN5O3SSi/c1-5-6-13(16(24)25)14(9-12-10-27-17(18)19-12)15-20-21-22-23(15)11-26-7-8-28(2,3)4/h10,13-14H,5-9,11H2,1-4H3,(H,24,25)/t13-,14-/m0/s1. The number of tetrazole rings is 1. The lowest BCUT2D eigenvalue weighted by Gasteiger charge is -2.22. The van der Waals surface area contributed by atoms with Crippen molar-refractivity contribution in [3.05, 3.63) is 20.8 Å². The van der Waals surface area contributed by atoms with Gasteiger partial charge in [0.25, 0.3) is 0 Å². The Labute approximate surface area is 178 Å². The van der Waals surface area contributed by atoms with Crippen LogP contribution in [0.3, 0.4) is 0 Å². The van der Waals surface area contributed by atoms with Crippen LogP contribution >= 0.6 is 27.3 Å². The van der Waals surface area contributed by atoms with Crippen LogP contribution in [0.25, 0.3) is 0 Å². The van der Waals surface area contributed by atoms with Crippen molar-refractivity contribution in [1.29, 1.82) is 0 Å². The zero-order chi connectivity index (χ0) is 20.7. The molecule has 28 heavy (non-hydrogen) atoms. The molecule has 0 aliphatic carbocycles. The molecule has 0 aromatic carbocycles. The molecule has 2 aromatic heterocycles. The highest BCUT2D eigenvalue weighted by Crippen LogP contribution is 2.31. The van der Waals surface area contributed by atoms with E-state index in [1.165, 1.54) is 11.3 Å². The molecule has 156 valence electrons. The Morgan fingerprint density at radius 2 is 2.18 bits per heavy atom. The third kappa shape index (κ3) is 7.01. The van der Waals surface area contributed by atoms with Crippen molar-refractivity contribution in [1.82, 2.24) is 25.2 Å². The van der Waals surface area contributed by atoms with Crippen LogP contribution in [0.5, 0.6) is 0 Å². The average molecular weight is 491 g/mol. The van der Waals surface area contributed by atoms with Crippen LogP contribution in [0, 0.1) is 5.92 Å². The summed E-state index contributed by atoms with van der Waals surface area (Å²) in [6.07, 6.45) is 1.78. The lowest BCUT2D eigenvalue weighted by atomic mass is 9.84. The second kappa shape index (κ2) is 10.6. The van der Waals surface area contributed by atoms with E-state index in [0.717, 1.165) is 22.1 Å². The number of hydrogen-bond acceptors (Lipinski definition) is 7. The maximum absolute atomic E-state index is 12.0. The van der Waals surface area contributed by atoms with Crippen molar-refractivity contribution in [3.63, 3.8) is 0 Å². The van der Waals surface area contributed by atoms with Gasteiger partial charge in [-0.1, -0.05) is 33.0 Å². The summed E-state index contributed by atoms with van der Waals surface area (Å²) in [7, 11) is -1.18. The first-order valence-electron chi connectivity index (χ1n) is 9.37. The number of halogens is 1. The first-order chi connectivity index (χ1) is 13.2. The highest BCUT2D eigenvalue weighted by atomic mass is 79.9. The van der Waals surface area contributed by atoms with E-state index in [1.54, 1.807) is 4.68 Å². The summed E-state index contributed by atoms with van der Waals surface area (Å²) in [5, 5.41) is 23.7. The summed E-state index contributed by atoms with van der Waals surface area (Å²) in [6, 6.07) is 1.05. The Kier molecular flexibility index (Phi) is 8.72. The maximum Gasteiger partial charge on any atom is 0.307 e. The molecule has 0 saturated heterocycles. The maximum atomic E-state index is 12.0. The number of aromatic nitrogens is 5. The zero-order valence-electron chi connectivity index (χ0n) is 16.8. The van der Waals surface area contributed by atoms with E-state index in [2.05, 4.69) is 56.1 Å². The van der Waals surface area contributed by atoms with Crippen molar-refractivity contribution >= 4 is 41.3 Å². The van der Waals surface area contributed by atoms with Crippen LogP contribution in [-0.2, 0) is 22.7 Å². The van der Waals surface area contributed by atoms with Gasteiger partial charge in [0.15, 0.2) is 9.74 Å². The number of carboxylic acids is 1. The molecule has 0 amide bonds. The van der Waals surface area contributed by atoms with Gasteiger partial charge in [0, 0.05) is 32.4 Å². The molecule has 2 heterocycles. The summed E-state index contributed by atoms with van der Waals surface area (Å²) in [5.41, 5.74) is 0.832. The minimum atomic E-state index is -1.18. The Balaban J connectivity index is 2.20. The number of rotatable bonds is 12. The zero-order valence-corrected chi connectivity index (χ0v) is 20.2. The van der Waals surface area contributed by atoms with E-state index in [9.17, 15) is 9.90 Å². The minimum absolute atomic E-state index is 0.225. The fraction of sp³-hybridized carbons (Fsp3) is 0.706. The summed E-state index contributed by atoms with van der Waals surface area (Å²) in [5.74, 6) is -1.26. The average Bonchev–Trinajstić information content (AvgIpc) is 3.22. The summed E-state index contributed by atoms with van der Waals surface area (Å²) in [6.45, 7) is 9.74. The highest BCUT2D eigenvalue weighted by molar-refractivity contribution is 9.11. The smallest absolute Gasteiger partial charge is 0.307 e. The highest BCUT2D eigenvalue weighted by Gasteiger charge is 2.33. The van der Waals surface area contributed by atoms with Crippen LogP contribution < -0.4 is 0 Å². The van der Waals surface area contributed by atoms with Gasteiger partial charge in [-0.05, 0) is 38.8 Å². The number of thiazole rings is 1. The number of hydrogen-bond donors (Lipinski definition) is 1. The molecule has 2 rings (SSSR count). The van der Waals surface area contributed by atoms with Gasteiger partial charge in [-0.25, -0.2) is 9.67 Å². The quantitative estimate of drug-likeness (QED) is 0.354. The van der Waals surface area contributed by atoms with Crippen LogP contribution in [0.4, 0.5) is 0 Å². The third-order valence-corrected chi connectivity index (χ3v) is 7.57. The molecule has 0 fully saturated rings. The Hall–Kier alpha value is -1.17. The summed E-state index contributed by atoms with van der Waals surface area (Å²) >= 11 is 4.85. The lowest BCUT2D eigenvalue weighted by molar-refractivity contribution is -0.143. The van der Waals surface area contributed by atoms with Crippen molar-refractivity contribution in [3.8, 4) is 0 Å². The monoisotopic (exact) mass is 489 g/mol. The van der Waals surface area contributed by atoms with Gasteiger partial charge >= 0.3 is 5.97 Å². The van der Waals surface area contributed by atoms with E-state index in [-0.39, 0.29) is 12.6 Å². The molecular formula is C17H28BrN5O3SSi. The fourth-order valence-electron chi connectivity index (χ4n) is 2.92. The third-order valence-electron chi connectivity index (χ3n) is 4.46. The van der Waals surface area contributed by atoms with E-state index in [4.69, 9.17) is 4.74 Å². The molecule has 0 radical (unpaired) electrons. The van der Waals surface area contributed by atoms with Gasteiger partial charge in [-0.2, -0.15) is 0 Å². The molecule has 0 aliphatic heterocycles. The van der Waals surface area contributed by atoms with Gasteiger partial charge in [0.1, 0.15) is 6.73 Å². The molecular weight excluding hydrogens is 462 g/mol. The lowest BCUT2D eigenvalue weighted by Crippen LogP contribution is -2.27. The normalized spacial score (nSPS) is 14.2. The van der Waals surface area contributed by atoms with Gasteiger partial charge in [0.2, 0.25) is 0 Å². The van der Waals surface area contributed by atoms with Crippen LogP contribution in [-0.4, -0.2) is 50.9 Å². The van der Waals surface area contributed by atoms with E-state index in [1.807, 2.05) is 12.3 Å². The Morgan fingerprint density at radius 1 is 1.43 bits per heavy atom. The number of carboxylic acid groups (broad SMARTS) is 1. The van der Waals surface area contributed by atoms with Crippen molar-refractivity contribution in [2.24, 2.45) is 5.92 Å². The predicted molar refractivity (Wildman–Crippen MR) is 114 cm³/mol. The molecule has 0 spiro atoms. The van der Waals surface area contributed by atoms with Gasteiger partial charge in [-0.15, -0.1) is 16.4 Å². The van der Waals surface area contributed by atoms with Crippen LogP contribution in [0.15, 0.2) is 9.30 Å². The van der Waals surface area contributed by atoms with E-state index in [0.29, 0.717) is 25.3 Å². The number of aliphatic carboxylic acids is 1. The second-order valence-electron chi connectivity index (χ2n) is 8.02. The molecule has 0 saturated carbocycles. The van der Waals surface area contributed by atoms with Gasteiger partial charge in [-0.3, -0.25) is 4.79 Å². The molecule has 0 bridgehead atoms. The second-order valence-corrected chi connectivity index (χ2v) is 15.8. The number of nitrogens with zero attached hydrogens (tertiary/aromatic N) is 5. The Morgan fingerprint density at radius 3 is 2.75 bits per heavy atom. The predicted octanol–water partition coefficient (Wildman–Crippen LogP) is 4.03. The van der Waals surface area contributed by atoms with E-state index >= 15 is 0 Å². The van der Waals surface area contributed by atoms with Crippen molar-refractivity contribution in [2.75, 3.05) is 6.61 Å². The minimum Gasteiger partial charge on any atom is -0.481 e. The number of carbonyl (C=O) groups is 1. The van der Waals surface area contributed by atoms with Crippen LogP contribution in [0.1, 0.15) is 37.2 Å². The SMILES string of the molecule is CCC[C@H](C(=O)O)[C@H](Cc1csc(Br)n1)c1nnnn1COCC[Si](C)(C)C. The summed E-state index contributed by atoms with van der Waals surface area (Å²) < 4.78 is 8.15. The number of ether oxygens (including phenoxy) is 1. The molecule has 11 heteroatoms. The Bertz CT molecular complexity index is 764. The summed E-state index contributed by atoms with van der Waals surface area (Å²) in [4.78, 5) is 16.4. The van der Waals surface area contributed by atoms with Crippen molar-refractivity contribution < 1.29 is 14.6 Å². The first kappa shape index (κ1) is 23.1. The largest absolute Gasteiger partial charge is 0.481 e. The molecule has 2 atom stereocenters. The van der Waals surface area contributed by atoms with Crippen LogP contribution in [0.2, 0.25) is 25.7 Å². The van der Waals surface area contributed by atoms with E-state index < -0.39 is 20.0 Å². The molecule has 1 N–H and O–H groups in total. The molecule has 8 nitrogen and oxygen atoms in total. The first-order valence-corrected chi connectivity index (χ1v) is 14.8. The molecule has 0 unspecified atom stereocenters. The topological polar surface area (TPSA) is 103 Å². The molecule has 2 aromatic rings. The fourth-order valence-corrected chi connectivity index (χ4v) is 4.74. The molecule has 0 aliphatic rings.